The molecule has 1 aliphatic heterocycles. The highest BCUT2D eigenvalue weighted by molar-refractivity contribution is 7.16. The average molecular weight is 442 g/mol. The normalized spacial score (nSPS) is 20.2. The summed E-state index contributed by atoms with van der Waals surface area (Å²) in [5.74, 6) is 1.42. The second-order valence-corrected chi connectivity index (χ2v) is 9.63. The number of amides is 2. The Morgan fingerprint density at radius 3 is 2.77 bits per heavy atom. The molecule has 2 aliphatic carbocycles. The Morgan fingerprint density at radius 1 is 1.06 bits per heavy atom. The minimum Gasteiger partial charge on any atom is -0.454 e. The molecule has 0 bridgehead atoms. The van der Waals surface area contributed by atoms with Crippen molar-refractivity contribution in [2.75, 3.05) is 18.7 Å². The van der Waals surface area contributed by atoms with E-state index in [1.165, 1.54) is 43.4 Å². The molecule has 1 aromatic carbocycles. The summed E-state index contributed by atoms with van der Waals surface area (Å²) in [5, 5.41) is 6.61. The topological polar surface area (TPSA) is 89.6 Å². The number of nitrogens with one attached hydrogen (secondary N) is 2. The van der Waals surface area contributed by atoms with Gasteiger partial charge in [0, 0.05) is 17.0 Å². The number of rotatable bonds is 5. The third-order valence-corrected chi connectivity index (χ3v) is 7.46. The molecule has 1 unspecified atom stereocenters. The molecule has 2 N–H and O–H groups in total. The lowest BCUT2D eigenvalue weighted by atomic mass is 9.88. The maximum absolute atomic E-state index is 12.9. The van der Waals surface area contributed by atoms with Crippen molar-refractivity contribution in [1.29, 1.82) is 0 Å². The molecule has 1 fully saturated rings. The van der Waals surface area contributed by atoms with Crippen LogP contribution in [-0.2, 0) is 11.2 Å². The molecular weight excluding hydrogens is 414 g/mol. The van der Waals surface area contributed by atoms with Gasteiger partial charge >= 0.3 is 0 Å². The first-order valence-electron chi connectivity index (χ1n) is 11.2. The molecule has 2 aromatic rings. The van der Waals surface area contributed by atoms with E-state index in [1.807, 2.05) is 0 Å². The zero-order valence-electron chi connectivity index (χ0n) is 17.4. The van der Waals surface area contributed by atoms with Gasteiger partial charge in [0.25, 0.3) is 5.91 Å². The van der Waals surface area contributed by atoms with Crippen LogP contribution in [0.5, 0.6) is 11.5 Å². The van der Waals surface area contributed by atoms with Gasteiger partial charge in [-0.3, -0.25) is 14.9 Å². The second-order valence-electron chi connectivity index (χ2n) is 8.54. The number of nitrogens with zero attached hydrogens (tertiary/aromatic N) is 1. The number of carbonyl (C=O) groups excluding carboxylic acids is 2. The number of thiazole rings is 1. The van der Waals surface area contributed by atoms with Gasteiger partial charge < -0.3 is 14.8 Å². The van der Waals surface area contributed by atoms with E-state index in [4.69, 9.17) is 9.47 Å². The van der Waals surface area contributed by atoms with Crippen molar-refractivity contribution in [3.8, 4) is 11.5 Å². The Labute approximate surface area is 185 Å². The van der Waals surface area contributed by atoms with Crippen LogP contribution < -0.4 is 20.1 Å². The number of hydrogen-bond acceptors (Lipinski definition) is 6. The Bertz CT molecular complexity index is 983. The molecule has 2 heterocycles. The van der Waals surface area contributed by atoms with Crippen LogP contribution in [0.2, 0.25) is 0 Å². The average Bonchev–Trinajstić information content (AvgIpc) is 3.43. The summed E-state index contributed by atoms with van der Waals surface area (Å²) in [4.78, 5) is 31.4. The van der Waals surface area contributed by atoms with Crippen molar-refractivity contribution in [3.05, 3.63) is 34.3 Å². The van der Waals surface area contributed by atoms with Crippen LogP contribution in [0.4, 0.5) is 5.13 Å². The predicted octanol–water partition coefficient (Wildman–Crippen LogP) is 4.24. The van der Waals surface area contributed by atoms with Gasteiger partial charge in [-0.2, -0.15) is 0 Å². The molecule has 164 valence electrons. The minimum atomic E-state index is -0.248. The molecule has 5 rings (SSSR count). The van der Waals surface area contributed by atoms with Gasteiger partial charge in [-0.1, -0.05) is 19.3 Å². The number of fused-ring (bicyclic) bond motifs is 2. The van der Waals surface area contributed by atoms with Crippen molar-refractivity contribution >= 4 is 28.3 Å². The first-order valence-corrected chi connectivity index (χ1v) is 12.0. The maximum Gasteiger partial charge on any atom is 0.257 e. The Hall–Kier alpha value is -2.61. The van der Waals surface area contributed by atoms with Gasteiger partial charge in [0.05, 0.1) is 11.6 Å². The van der Waals surface area contributed by atoms with E-state index < -0.39 is 0 Å². The summed E-state index contributed by atoms with van der Waals surface area (Å²) in [5.41, 5.74) is 1.32. The number of carbonyl (C=O) groups is 2. The maximum atomic E-state index is 12.9. The van der Waals surface area contributed by atoms with Crippen molar-refractivity contribution in [1.82, 2.24) is 10.3 Å². The molecule has 0 radical (unpaired) electrons. The standard InChI is InChI=1S/C23H27N3O4S/c27-21(15-9-10-17-18(11-15)30-13-29-17)26-23-25-20-16(7-4-8-19(20)31-23)22(28)24-12-14-5-2-1-3-6-14/h9-11,14,16H,1-8,12-13H2,(H,24,28)(H,25,26,27). The first-order chi connectivity index (χ1) is 15.2. The third kappa shape index (κ3) is 4.39. The van der Waals surface area contributed by atoms with Crippen LogP contribution in [0.15, 0.2) is 18.2 Å². The zero-order chi connectivity index (χ0) is 21.2. The van der Waals surface area contributed by atoms with Crippen LogP contribution >= 0.6 is 11.3 Å². The second kappa shape index (κ2) is 8.86. The molecule has 7 nitrogen and oxygen atoms in total. The fourth-order valence-electron chi connectivity index (χ4n) is 4.69. The highest BCUT2D eigenvalue weighted by atomic mass is 32.1. The number of benzene rings is 1. The molecule has 1 saturated carbocycles. The van der Waals surface area contributed by atoms with Gasteiger partial charge in [-0.05, 0) is 56.2 Å². The van der Waals surface area contributed by atoms with E-state index in [0.717, 1.165) is 36.4 Å². The molecule has 31 heavy (non-hydrogen) atoms. The quantitative estimate of drug-likeness (QED) is 0.724. The Morgan fingerprint density at radius 2 is 1.90 bits per heavy atom. The van der Waals surface area contributed by atoms with Crippen molar-refractivity contribution in [3.63, 3.8) is 0 Å². The largest absolute Gasteiger partial charge is 0.454 e. The summed E-state index contributed by atoms with van der Waals surface area (Å²) in [7, 11) is 0. The molecule has 1 aromatic heterocycles. The lowest BCUT2D eigenvalue weighted by molar-refractivity contribution is -0.123. The fourth-order valence-corrected chi connectivity index (χ4v) is 5.75. The molecule has 0 saturated heterocycles. The summed E-state index contributed by atoms with van der Waals surface area (Å²) in [6, 6.07) is 5.11. The monoisotopic (exact) mass is 441 g/mol. The fraction of sp³-hybridized carbons (Fsp3) is 0.522. The van der Waals surface area contributed by atoms with Crippen LogP contribution in [0.3, 0.4) is 0 Å². The first kappa shape index (κ1) is 20.3. The Kier molecular flexibility index (Phi) is 5.80. The molecule has 8 heteroatoms. The molecular formula is C23H27N3O4S. The van der Waals surface area contributed by atoms with Crippen molar-refractivity contribution < 1.29 is 19.1 Å². The lowest BCUT2D eigenvalue weighted by Gasteiger charge is -2.24. The van der Waals surface area contributed by atoms with Crippen LogP contribution in [0.1, 0.15) is 71.8 Å². The van der Waals surface area contributed by atoms with E-state index in [9.17, 15) is 9.59 Å². The van der Waals surface area contributed by atoms with E-state index in [0.29, 0.717) is 28.1 Å². The van der Waals surface area contributed by atoms with Crippen LogP contribution in [0, 0.1) is 5.92 Å². The van der Waals surface area contributed by atoms with Crippen LogP contribution in [0.25, 0.3) is 0 Å². The van der Waals surface area contributed by atoms with E-state index >= 15 is 0 Å². The van der Waals surface area contributed by atoms with Gasteiger partial charge in [0.2, 0.25) is 12.7 Å². The molecule has 3 aliphatic rings. The number of anilines is 1. The van der Waals surface area contributed by atoms with Gasteiger partial charge in [-0.25, -0.2) is 4.98 Å². The zero-order valence-corrected chi connectivity index (χ0v) is 18.3. The van der Waals surface area contributed by atoms with Gasteiger partial charge in [0.1, 0.15) is 0 Å². The van der Waals surface area contributed by atoms with E-state index in [2.05, 4.69) is 15.6 Å². The van der Waals surface area contributed by atoms with Gasteiger partial charge in [0.15, 0.2) is 16.6 Å². The molecule has 2 amide bonds. The number of aromatic nitrogens is 1. The summed E-state index contributed by atoms with van der Waals surface area (Å²) in [6.07, 6.45) is 8.95. The summed E-state index contributed by atoms with van der Waals surface area (Å²) >= 11 is 1.47. The highest BCUT2D eigenvalue weighted by Gasteiger charge is 2.31. The van der Waals surface area contributed by atoms with Crippen LogP contribution in [-0.4, -0.2) is 30.1 Å². The highest BCUT2D eigenvalue weighted by Crippen LogP contribution is 2.37. The summed E-state index contributed by atoms with van der Waals surface area (Å²) < 4.78 is 10.7. The molecule has 0 spiro atoms. The number of ether oxygens (including phenoxy) is 2. The van der Waals surface area contributed by atoms with Crippen molar-refractivity contribution in [2.24, 2.45) is 5.92 Å². The smallest absolute Gasteiger partial charge is 0.257 e. The lowest BCUT2D eigenvalue weighted by Crippen LogP contribution is -2.35. The number of hydrogen-bond donors (Lipinski definition) is 2. The predicted molar refractivity (Wildman–Crippen MR) is 118 cm³/mol. The van der Waals surface area contributed by atoms with Crippen molar-refractivity contribution in [2.45, 2.75) is 57.3 Å². The number of aryl methyl sites for hydroxylation is 1. The van der Waals surface area contributed by atoms with E-state index in [-0.39, 0.29) is 24.5 Å². The minimum absolute atomic E-state index is 0.0745. The SMILES string of the molecule is O=C(Nc1nc2c(s1)CCCC2C(=O)NCC1CCCCC1)c1ccc2c(c1)OCO2. The van der Waals surface area contributed by atoms with Gasteiger partial charge in [-0.15, -0.1) is 11.3 Å². The van der Waals surface area contributed by atoms with E-state index in [1.54, 1.807) is 18.2 Å². The third-order valence-electron chi connectivity index (χ3n) is 6.42. The molecule has 1 atom stereocenters. The Balaban J connectivity index is 1.25. The summed E-state index contributed by atoms with van der Waals surface area (Å²) in [6.45, 7) is 0.937.